The van der Waals surface area contributed by atoms with Gasteiger partial charge in [-0.3, -0.25) is 4.79 Å². The van der Waals surface area contributed by atoms with Gasteiger partial charge in [0.1, 0.15) is 5.78 Å². The van der Waals surface area contributed by atoms with Crippen molar-refractivity contribution in [1.29, 1.82) is 0 Å². The van der Waals surface area contributed by atoms with E-state index in [1.54, 1.807) is 0 Å². The van der Waals surface area contributed by atoms with E-state index >= 15 is 0 Å². The monoisotopic (exact) mass is 130 g/mol. The molecule has 9 heavy (non-hydrogen) atoms. The Labute approximate surface area is 56.4 Å². The fourth-order valence-corrected chi connectivity index (χ4v) is 0.676. The van der Waals surface area contributed by atoms with Crippen LogP contribution in [0.1, 0.15) is 32.6 Å². The van der Waals surface area contributed by atoms with Crippen LogP contribution in [0.3, 0.4) is 0 Å². The van der Waals surface area contributed by atoms with Gasteiger partial charge in [0.15, 0.2) is 0 Å². The summed E-state index contributed by atoms with van der Waals surface area (Å²) >= 11 is 0. The van der Waals surface area contributed by atoms with E-state index in [0.29, 0.717) is 12.2 Å². The summed E-state index contributed by atoms with van der Waals surface area (Å²) in [5.41, 5.74) is 3.70. The SMILES string of the molecule is CCC(=O)CCCC[NH3+]. The number of hydrogen-bond donors (Lipinski definition) is 1. The molecule has 54 valence electrons. The van der Waals surface area contributed by atoms with Crippen LogP contribution in [0.2, 0.25) is 0 Å². The second-order valence-corrected chi connectivity index (χ2v) is 2.20. The summed E-state index contributed by atoms with van der Waals surface area (Å²) in [6.07, 6.45) is 3.56. The van der Waals surface area contributed by atoms with Crippen LogP contribution < -0.4 is 5.73 Å². The van der Waals surface area contributed by atoms with Gasteiger partial charge in [-0.2, -0.15) is 0 Å². The lowest BCUT2D eigenvalue weighted by molar-refractivity contribution is -0.368. The molecule has 0 unspecified atom stereocenters. The summed E-state index contributed by atoms with van der Waals surface area (Å²) in [5.74, 6) is 0.378. The number of rotatable bonds is 5. The number of unbranched alkanes of at least 4 members (excludes halogenated alkanes) is 1. The number of ketones is 1. The zero-order valence-electron chi connectivity index (χ0n) is 6.15. The lowest BCUT2D eigenvalue weighted by Crippen LogP contribution is -2.50. The van der Waals surface area contributed by atoms with Crippen LogP contribution in [0, 0.1) is 0 Å². The molecule has 2 heteroatoms. The van der Waals surface area contributed by atoms with Crippen LogP contribution in [0.4, 0.5) is 0 Å². The Kier molecular flexibility index (Phi) is 5.52. The molecule has 0 aromatic carbocycles. The molecule has 0 spiro atoms. The summed E-state index contributed by atoms with van der Waals surface area (Å²) in [5, 5.41) is 0. The molecule has 0 saturated heterocycles. The Bertz CT molecular complexity index is 81.0. The van der Waals surface area contributed by atoms with Crippen molar-refractivity contribution in [2.45, 2.75) is 32.6 Å². The Morgan fingerprint density at radius 2 is 2.11 bits per heavy atom. The van der Waals surface area contributed by atoms with Gasteiger partial charge in [0, 0.05) is 12.8 Å². The molecule has 0 aromatic rings. The van der Waals surface area contributed by atoms with Crippen molar-refractivity contribution in [3.05, 3.63) is 0 Å². The van der Waals surface area contributed by atoms with Crippen molar-refractivity contribution >= 4 is 5.78 Å². The standard InChI is InChI=1S/C7H15NO/c1-2-7(9)5-3-4-6-8/h2-6,8H2,1H3/p+1. The molecule has 0 aliphatic carbocycles. The normalized spacial score (nSPS) is 9.56. The van der Waals surface area contributed by atoms with Crippen molar-refractivity contribution in [3.63, 3.8) is 0 Å². The van der Waals surface area contributed by atoms with Crippen LogP contribution in [0.15, 0.2) is 0 Å². The highest BCUT2D eigenvalue weighted by Gasteiger charge is 1.95. The van der Waals surface area contributed by atoms with Crippen molar-refractivity contribution < 1.29 is 10.5 Å². The average molecular weight is 130 g/mol. The topological polar surface area (TPSA) is 44.7 Å². The van der Waals surface area contributed by atoms with Crippen molar-refractivity contribution in [3.8, 4) is 0 Å². The fourth-order valence-electron chi connectivity index (χ4n) is 0.676. The molecule has 0 aromatic heterocycles. The average Bonchev–Trinajstić information content (AvgIpc) is 1.89. The maximum absolute atomic E-state index is 10.7. The molecule has 0 rings (SSSR count). The number of hydrogen-bond acceptors (Lipinski definition) is 1. The number of carbonyl (C=O) groups excluding carboxylic acids is 1. The molecule has 0 amide bonds. The first-order valence-electron chi connectivity index (χ1n) is 3.62. The molecule has 0 heterocycles. The van der Waals surface area contributed by atoms with Gasteiger partial charge in [0.05, 0.1) is 6.54 Å². The maximum Gasteiger partial charge on any atom is 0.132 e. The minimum atomic E-state index is 0.378. The van der Waals surface area contributed by atoms with Crippen LogP contribution in [0.25, 0.3) is 0 Å². The molecule has 0 aliphatic rings. The second kappa shape index (κ2) is 5.76. The lowest BCUT2D eigenvalue weighted by Gasteiger charge is -1.92. The van der Waals surface area contributed by atoms with Crippen LogP contribution >= 0.6 is 0 Å². The molecule has 0 atom stereocenters. The van der Waals surface area contributed by atoms with Gasteiger partial charge < -0.3 is 5.73 Å². The summed E-state index contributed by atoms with van der Waals surface area (Å²) in [6.45, 7) is 2.86. The van der Waals surface area contributed by atoms with E-state index in [1.807, 2.05) is 6.92 Å². The zero-order valence-corrected chi connectivity index (χ0v) is 6.15. The second-order valence-electron chi connectivity index (χ2n) is 2.20. The molecule has 0 radical (unpaired) electrons. The quantitative estimate of drug-likeness (QED) is 0.537. The van der Waals surface area contributed by atoms with Gasteiger partial charge in [-0.15, -0.1) is 0 Å². The summed E-state index contributed by atoms with van der Waals surface area (Å²) in [4.78, 5) is 10.7. The zero-order chi connectivity index (χ0) is 7.11. The molecule has 0 saturated carbocycles. The third-order valence-electron chi connectivity index (χ3n) is 1.35. The van der Waals surface area contributed by atoms with E-state index in [9.17, 15) is 4.79 Å². The fraction of sp³-hybridized carbons (Fsp3) is 0.857. The van der Waals surface area contributed by atoms with Crippen molar-refractivity contribution in [2.24, 2.45) is 0 Å². The first kappa shape index (κ1) is 8.63. The Morgan fingerprint density at radius 1 is 1.44 bits per heavy atom. The van der Waals surface area contributed by atoms with Crippen LogP contribution in [-0.2, 0) is 4.79 Å². The van der Waals surface area contributed by atoms with E-state index in [4.69, 9.17) is 0 Å². The van der Waals surface area contributed by atoms with Gasteiger partial charge in [-0.25, -0.2) is 0 Å². The molecule has 0 aliphatic heterocycles. The van der Waals surface area contributed by atoms with E-state index in [0.717, 1.165) is 25.8 Å². The molecular formula is C7H16NO+. The van der Waals surface area contributed by atoms with Crippen molar-refractivity contribution in [2.75, 3.05) is 6.54 Å². The largest absolute Gasteiger partial charge is 0.358 e. The van der Waals surface area contributed by atoms with Crippen molar-refractivity contribution in [1.82, 2.24) is 0 Å². The Morgan fingerprint density at radius 3 is 2.56 bits per heavy atom. The number of Topliss-reactive ketones (excluding diaryl/α,β-unsaturated/α-hetero) is 1. The highest BCUT2D eigenvalue weighted by molar-refractivity contribution is 5.77. The van der Waals surface area contributed by atoms with E-state index in [-0.39, 0.29) is 0 Å². The van der Waals surface area contributed by atoms with Gasteiger partial charge in [-0.05, 0) is 12.8 Å². The van der Waals surface area contributed by atoms with Crippen LogP contribution in [-0.4, -0.2) is 12.3 Å². The molecule has 0 bridgehead atoms. The van der Waals surface area contributed by atoms with Gasteiger partial charge >= 0.3 is 0 Å². The first-order chi connectivity index (χ1) is 4.31. The smallest absolute Gasteiger partial charge is 0.132 e. The highest BCUT2D eigenvalue weighted by atomic mass is 16.1. The number of carbonyl (C=O) groups is 1. The van der Waals surface area contributed by atoms with E-state index in [2.05, 4.69) is 5.73 Å². The summed E-state index contributed by atoms with van der Waals surface area (Å²) in [7, 11) is 0. The third kappa shape index (κ3) is 5.50. The van der Waals surface area contributed by atoms with Crippen LogP contribution in [0.5, 0.6) is 0 Å². The van der Waals surface area contributed by atoms with E-state index in [1.165, 1.54) is 0 Å². The van der Waals surface area contributed by atoms with Gasteiger partial charge in [0.2, 0.25) is 0 Å². The molecule has 3 N–H and O–H groups in total. The predicted molar refractivity (Wildman–Crippen MR) is 36.9 cm³/mol. The Balaban J connectivity index is 2.97. The molecular weight excluding hydrogens is 114 g/mol. The minimum Gasteiger partial charge on any atom is -0.358 e. The number of quaternary nitrogens is 1. The summed E-state index contributed by atoms with van der Waals surface area (Å²) < 4.78 is 0. The highest BCUT2D eigenvalue weighted by Crippen LogP contribution is 1.96. The summed E-state index contributed by atoms with van der Waals surface area (Å²) in [6, 6.07) is 0. The van der Waals surface area contributed by atoms with E-state index < -0.39 is 0 Å². The predicted octanol–water partition coefficient (Wildman–Crippen LogP) is 0.378. The maximum atomic E-state index is 10.7. The third-order valence-corrected chi connectivity index (χ3v) is 1.35. The van der Waals surface area contributed by atoms with Gasteiger partial charge in [-0.1, -0.05) is 6.92 Å². The minimum absolute atomic E-state index is 0.378. The Hall–Kier alpha value is -0.370. The lowest BCUT2D eigenvalue weighted by atomic mass is 10.1. The van der Waals surface area contributed by atoms with Gasteiger partial charge in [0.25, 0.3) is 0 Å². The molecule has 2 nitrogen and oxygen atoms in total. The first-order valence-corrected chi connectivity index (χ1v) is 3.62. The molecule has 0 fully saturated rings.